The minimum atomic E-state index is -4.32. The Bertz CT molecular complexity index is 732. The lowest BCUT2D eigenvalue weighted by Crippen LogP contribution is -2.55. The fraction of sp³-hybridized carbons (Fsp3) is 0.562. The van der Waals surface area contributed by atoms with Crippen molar-refractivity contribution in [1.29, 1.82) is 0 Å². The van der Waals surface area contributed by atoms with E-state index in [1.165, 1.54) is 5.56 Å². The third kappa shape index (κ3) is 3.33. The number of fused-ring (bicyclic) bond motifs is 1. The SMILES string of the molecule is CN1CCCC1C(C)(NS(=O)(=O)O)c1ccc2c(c1)C=NCC2. The average Bonchev–Trinajstić information content (AvgIpc) is 2.92. The van der Waals surface area contributed by atoms with Gasteiger partial charge >= 0.3 is 10.3 Å². The van der Waals surface area contributed by atoms with Gasteiger partial charge in [0, 0.05) is 18.8 Å². The van der Waals surface area contributed by atoms with E-state index in [0.717, 1.165) is 43.5 Å². The van der Waals surface area contributed by atoms with Crippen LogP contribution in [0, 0.1) is 0 Å². The number of likely N-dealkylation sites (tertiary alicyclic amines) is 1. The van der Waals surface area contributed by atoms with E-state index in [4.69, 9.17) is 0 Å². The van der Waals surface area contributed by atoms with Crippen molar-refractivity contribution in [2.24, 2.45) is 4.99 Å². The molecular formula is C16H23N3O3S. The largest absolute Gasteiger partial charge is 0.334 e. The molecule has 2 atom stereocenters. The summed E-state index contributed by atoms with van der Waals surface area (Å²) in [5.74, 6) is 0. The lowest BCUT2D eigenvalue weighted by atomic mass is 9.82. The Morgan fingerprint density at radius 1 is 1.43 bits per heavy atom. The monoisotopic (exact) mass is 337 g/mol. The number of aliphatic imine (C=N–C) groups is 1. The Labute approximate surface area is 137 Å². The van der Waals surface area contributed by atoms with Crippen molar-refractivity contribution < 1.29 is 13.0 Å². The van der Waals surface area contributed by atoms with Gasteiger partial charge in [0.25, 0.3) is 0 Å². The number of hydrogen-bond donors (Lipinski definition) is 2. The van der Waals surface area contributed by atoms with Crippen LogP contribution in [0.1, 0.15) is 36.5 Å². The van der Waals surface area contributed by atoms with Gasteiger partial charge < -0.3 is 4.90 Å². The molecule has 126 valence electrons. The van der Waals surface area contributed by atoms with Crippen molar-refractivity contribution in [3.63, 3.8) is 0 Å². The number of hydrogen-bond acceptors (Lipinski definition) is 4. The van der Waals surface area contributed by atoms with Crippen LogP contribution < -0.4 is 4.72 Å². The van der Waals surface area contributed by atoms with Gasteiger partial charge in [-0.15, -0.1) is 0 Å². The van der Waals surface area contributed by atoms with Gasteiger partial charge in [-0.2, -0.15) is 13.1 Å². The predicted molar refractivity (Wildman–Crippen MR) is 90.3 cm³/mol. The molecule has 3 rings (SSSR count). The Morgan fingerprint density at radius 2 is 2.22 bits per heavy atom. The fourth-order valence-corrected chi connectivity index (χ4v) is 4.63. The molecule has 7 heteroatoms. The molecule has 6 nitrogen and oxygen atoms in total. The number of benzene rings is 1. The molecule has 0 bridgehead atoms. The molecule has 0 spiro atoms. The number of nitrogens with zero attached hydrogens (tertiary/aromatic N) is 2. The Hall–Kier alpha value is -1.28. The van der Waals surface area contributed by atoms with Crippen LogP contribution in [0.2, 0.25) is 0 Å². The zero-order valence-electron chi connectivity index (χ0n) is 13.5. The molecule has 0 aliphatic carbocycles. The molecule has 1 saturated heterocycles. The lowest BCUT2D eigenvalue weighted by Gasteiger charge is -2.39. The molecule has 2 aliphatic rings. The van der Waals surface area contributed by atoms with Gasteiger partial charge in [-0.25, -0.2) is 0 Å². The van der Waals surface area contributed by atoms with Gasteiger partial charge in [0.05, 0.1) is 5.54 Å². The van der Waals surface area contributed by atoms with Crippen molar-refractivity contribution in [1.82, 2.24) is 9.62 Å². The Balaban J connectivity index is 2.06. The molecule has 0 saturated carbocycles. The molecule has 23 heavy (non-hydrogen) atoms. The van der Waals surface area contributed by atoms with Crippen LogP contribution in [0.25, 0.3) is 0 Å². The highest BCUT2D eigenvalue weighted by Crippen LogP contribution is 2.35. The van der Waals surface area contributed by atoms with Gasteiger partial charge in [0.15, 0.2) is 0 Å². The third-order valence-electron chi connectivity index (χ3n) is 5.01. The van der Waals surface area contributed by atoms with E-state index in [-0.39, 0.29) is 6.04 Å². The second-order valence-electron chi connectivity index (χ2n) is 6.62. The highest BCUT2D eigenvalue weighted by Gasteiger charge is 2.43. The number of nitrogens with one attached hydrogen (secondary N) is 1. The molecule has 2 aliphatic heterocycles. The summed E-state index contributed by atoms with van der Waals surface area (Å²) in [6, 6.07) is 5.97. The molecule has 1 aromatic carbocycles. The van der Waals surface area contributed by atoms with Crippen molar-refractivity contribution >= 4 is 16.5 Å². The van der Waals surface area contributed by atoms with Gasteiger partial charge in [-0.1, -0.05) is 12.1 Å². The van der Waals surface area contributed by atoms with E-state index in [9.17, 15) is 13.0 Å². The van der Waals surface area contributed by atoms with E-state index < -0.39 is 15.8 Å². The van der Waals surface area contributed by atoms with E-state index >= 15 is 0 Å². The van der Waals surface area contributed by atoms with Crippen LogP contribution in [0.15, 0.2) is 23.2 Å². The normalized spacial score (nSPS) is 24.4. The zero-order valence-corrected chi connectivity index (χ0v) is 14.3. The Kier molecular flexibility index (Phi) is 4.31. The minimum Gasteiger partial charge on any atom is -0.301 e. The lowest BCUT2D eigenvalue weighted by molar-refractivity contribution is 0.187. The fourth-order valence-electron chi connectivity index (χ4n) is 3.84. The summed E-state index contributed by atoms with van der Waals surface area (Å²) < 4.78 is 35.0. The summed E-state index contributed by atoms with van der Waals surface area (Å²) in [4.78, 5) is 6.45. The molecular weight excluding hydrogens is 314 g/mol. The van der Waals surface area contributed by atoms with Crippen LogP contribution in [0.4, 0.5) is 0 Å². The molecule has 0 aromatic heterocycles. The second kappa shape index (κ2) is 5.98. The predicted octanol–water partition coefficient (Wildman–Crippen LogP) is 1.36. The number of likely N-dealkylation sites (N-methyl/N-ethyl adjacent to an activating group) is 1. The average molecular weight is 337 g/mol. The first-order chi connectivity index (χ1) is 10.8. The maximum absolute atomic E-state index is 11.6. The van der Waals surface area contributed by atoms with Crippen molar-refractivity contribution in [2.45, 2.75) is 37.8 Å². The molecule has 2 N–H and O–H groups in total. The van der Waals surface area contributed by atoms with E-state index in [1.807, 2.05) is 38.4 Å². The summed E-state index contributed by atoms with van der Waals surface area (Å²) in [5.41, 5.74) is 2.20. The summed E-state index contributed by atoms with van der Waals surface area (Å²) in [6.45, 7) is 3.55. The van der Waals surface area contributed by atoms with Gasteiger partial charge in [0.1, 0.15) is 0 Å². The summed E-state index contributed by atoms with van der Waals surface area (Å²) in [6.07, 6.45) is 4.63. The van der Waals surface area contributed by atoms with E-state index in [2.05, 4.69) is 14.6 Å². The summed E-state index contributed by atoms with van der Waals surface area (Å²) in [5, 5.41) is 0. The van der Waals surface area contributed by atoms with Crippen LogP contribution >= 0.6 is 0 Å². The van der Waals surface area contributed by atoms with Gasteiger partial charge in [-0.3, -0.25) is 9.55 Å². The quantitative estimate of drug-likeness (QED) is 0.813. The van der Waals surface area contributed by atoms with E-state index in [0.29, 0.717) is 0 Å². The van der Waals surface area contributed by atoms with E-state index in [1.54, 1.807) is 0 Å². The van der Waals surface area contributed by atoms with Crippen molar-refractivity contribution in [2.75, 3.05) is 20.1 Å². The summed E-state index contributed by atoms with van der Waals surface area (Å²) in [7, 11) is -2.33. The Morgan fingerprint density at radius 3 is 2.87 bits per heavy atom. The molecule has 0 amide bonds. The summed E-state index contributed by atoms with van der Waals surface area (Å²) >= 11 is 0. The van der Waals surface area contributed by atoms with Crippen LogP contribution in [-0.2, 0) is 22.3 Å². The first-order valence-corrected chi connectivity index (χ1v) is 9.33. The number of rotatable bonds is 4. The van der Waals surface area contributed by atoms with Crippen LogP contribution in [-0.4, -0.2) is 50.3 Å². The molecule has 2 unspecified atom stereocenters. The van der Waals surface area contributed by atoms with Crippen LogP contribution in [0.5, 0.6) is 0 Å². The minimum absolute atomic E-state index is 0.0111. The first kappa shape index (κ1) is 16.6. The zero-order chi connectivity index (χ0) is 16.7. The second-order valence-corrected chi connectivity index (χ2v) is 7.77. The van der Waals surface area contributed by atoms with Crippen LogP contribution in [0.3, 0.4) is 0 Å². The molecule has 1 fully saturated rings. The first-order valence-electron chi connectivity index (χ1n) is 7.89. The maximum Gasteiger partial charge on any atom is 0.334 e. The molecule has 0 radical (unpaired) electrons. The van der Waals surface area contributed by atoms with Gasteiger partial charge in [0.2, 0.25) is 0 Å². The smallest absolute Gasteiger partial charge is 0.301 e. The van der Waals surface area contributed by atoms with Crippen molar-refractivity contribution in [3.8, 4) is 0 Å². The topological polar surface area (TPSA) is 82.0 Å². The third-order valence-corrected chi connectivity index (χ3v) is 5.70. The highest BCUT2D eigenvalue weighted by atomic mass is 32.2. The van der Waals surface area contributed by atoms with Crippen molar-refractivity contribution in [3.05, 3.63) is 34.9 Å². The highest BCUT2D eigenvalue weighted by molar-refractivity contribution is 7.83. The molecule has 1 aromatic rings. The molecule has 2 heterocycles. The standard InChI is InChI=1S/C16H23N3O3S/c1-16(18-23(20,21)22,15-4-3-9-19(15)2)14-6-5-12-7-8-17-11-13(12)10-14/h5-6,10-11,15,18H,3-4,7-9H2,1-2H3,(H,20,21,22). The van der Waals surface area contributed by atoms with Gasteiger partial charge in [-0.05, 0) is 62.5 Å². The maximum atomic E-state index is 11.6.